The Balaban J connectivity index is 2.66. The monoisotopic (exact) mass is 290 g/mol. The molecule has 0 amide bonds. The number of aryl methyl sites for hydroxylation is 1. The summed E-state index contributed by atoms with van der Waals surface area (Å²) in [6, 6.07) is 9.66. The fraction of sp³-hybridized carbons (Fsp3) is 0.684. The SMILES string of the molecule is CCCCN(C)CC(NCCC)c1ccc(CCC)cc1. The minimum Gasteiger partial charge on any atom is -0.309 e. The third-order valence-corrected chi connectivity index (χ3v) is 3.95. The van der Waals surface area contributed by atoms with Crippen LogP contribution in [0.2, 0.25) is 0 Å². The summed E-state index contributed by atoms with van der Waals surface area (Å²) >= 11 is 0. The van der Waals surface area contributed by atoms with E-state index in [0.717, 1.165) is 13.1 Å². The predicted octanol–water partition coefficient (Wildman–Crippen LogP) is 4.41. The zero-order valence-electron chi connectivity index (χ0n) is 14.5. The summed E-state index contributed by atoms with van der Waals surface area (Å²) in [5.74, 6) is 0. The van der Waals surface area contributed by atoms with Crippen LogP contribution >= 0.6 is 0 Å². The highest BCUT2D eigenvalue weighted by atomic mass is 15.1. The van der Waals surface area contributed by atoms with Crippen LogP contribution in [0.1, 0.15) is 63.6 Å². The molecule has 0 fully saturated rings. The number of nitrogens with one attached hydrogen (secondary N) is 1. The second kappa shape index (κ2) is 10.8. The van der Waals surface area contributed by atoms with Crippen molar-refractivity contribution >= 4 is 0 Å². The van der Waals surface area contributed by atoms with Crippen LogP contribution in [0, 0.1) is 0 Å². The molecule has 0 saturated carbocycles. The lowest BCUT2D eigenvalue weighted by Gasteiger charge is -2.25. The van der Waals surface area contributed by atoms with Crippen molar-refractivity contribution in [2.75, 3.05) is 26.7 Å². The highest BCUT2D eigenvalue weighted by Gasteiger charge is 2.13. The molecule has 1 rings (SSSR count). The second-order valence-corrected chi connectivity index (χ2v) is 6.11. The normalized spacial score (nSPS) is 12.8. The molecule has 0 aliphatic carbocycles. The van der Waals surface area contributed by atoms with Crippen molar-refractivity contribution in [1.29, 1.82) is 0 Å². The molecule has 1 aromatic rings. The van der Waals surface area contributed by atoms with Gasteiger partial charge in [-0.3, -0.25) is 0 Å². The van der Waals surface area contributed by atoms with Gasteiger partial charge in [-0.15, -0.1) is 0 Å². The van der Waals surface area contributed by atoms with E-state index in [2.05, 4.69) is 62.3 Å². The number of nitrogens with zero attached hydrogens (tertiary/aromatic N) is 1. The fourth-order valence-corrected chi connectivity index (χ4v) is 2.64. The van der Waals surface area contributed by atoms with E-state index in [1.165, 1.54) is 49.8 Å². The van der Waals surface area contributed by atoms with Crippen LogP contribution in [-0.2, 0) is 6.42 Å². The van der Waals surface area contributed by atoms with Crippen molar-refractivity contribution in [3.63, 3.8) is 0 Å². The Morgan fingerprint density at radius 2 is 1.71 bits per heavy atom. The van der Waals surface area contributed by atoms with Crippen LogP contribution in [0.5, 0.6) is 0 Å². The molecule has 1 N–H and O–H groups in total. The topological polar surface area (TPSA) is 15.3 Å². The van der Waals surface area contributed by atoms with Gasteiger partial charge in [-0.05, 0) is 50.5 Å². The average molecular weight is 290 g/mol. The number of benzene rings is 1. The number of hydrogen-bond acceptors (Lipinski definition) is 2. The van der Waals surface area contributed by atoms with Gasteiger partial charge in [0.15, 0.2) is 0 Å². The smallest absolute Gasteiger partial charge is 0.0449 e. The summed E-state index contributed by atoms with van der Waals surface area (Å²) in [6.07, 6.45) is 6.14. The van der Waals surface area contributed by atoms with E-state index < -0.39 is 0 Å². The number of rotatable bonds is 11. The highest BCUT2D eigenvalue weighted by molar-refractivity contribution is 5.25. The van der Waals surface area contributed by atoms with Crippen molar-refractivity contribution in [3.05, 3.63) is 35.4 Å². The summed E-state index contributed by atoms with van der Waals surface area (Å²) in [5, 5.41) is 3.70. The van der Waals surface area contributed by atoms with Crippen molar-refractivity contribution in [2.24, 2.45) is 0 Å². The summed E-state index contributed by atoms with van der Waals surface area (Å²) < 4.78 is 0. The highest BCUT2D eigenvalue weighted by Crippen LogP contribution is 2.16. The third-order valence-electron chi connectivity index (χ3n) is 3.95. The van der Waals surface area contributed by atoms with Crippen LogP contribution in [0.4, 0.5) is 0 Å². The Labute approximate surface area is 131 Å². The van der Waals surface area contributed by atoms with Gasteiger partial charge in [-0.1, -0.05) is 57.9 Å². The summed E-state index contributed by atoms with van der Waals surface area (Å²) in [5.41, 5.74) is 2.88. The Morgan fingerprint density at radius 1 is 1.00 bits per heavy atom. The van der Waals surface area contributed by atoms with Crippen LogP contribution in [0.3, 0.4) is 0 Å². The van der Waals surface area contributed by atoms with Crippen molar-refractivity contribution in [1.82, 2.24) is 10.2 Å². The first-order valence-electron chi connectivity index (χ1n) is 8.72. The van der Waals surface area contributed by atoms with Gasteiger partial charge in [0.1, 0.15) is 0 Å². The van der Waals surface area contributed by atoms with Crippen LogP contribution in [-0.4, -0.2) is 31.6 Å². The molecule has 0 radical (unpaired) electrons. The molecule has 0 bridgehead atoms. The number of hydrogen-bond donors (Lipinski definition) is 1. The van der Waals surface area contributed by atoms with Gasteiger partial charge in [0.2, 0.25) is 0 Å². The molecule has 1 atom stereocenters. The standard InChI is InChI=1S/C19H34N2/c1-5-8-15-21(4)16-19(20-14-7-3)18-12-10-17(9-6-2)11-13-18/h10-13,19-20H,5-9,14-16H2,1-4H3. The first-order valence-corrected chi connectivity index (χ1v) is 8.72. The van der Waals surface area contributed by atoms with E-state index in [0.29, 0.717) is 6.04 Å². The molecule has 21 heavy (non-hydrogen) atoms. The van der Waals surface area contributed by atoms with E-state index in [4.69, 9.17) is 0 Å². The van der Waals surface area contributed by atoms with Gasteiger partial charge in [0, 0.05) is 12.6 Å². The van der Waals surface area contributed by atoms with Crippen molar-refractivity contribution in [2.45, 2.75) is 58.9 Å². The van der Waals surface area contributed by atoms with Gasteiger partial charge < -0.3 is 10.2 Å². The Morgan fingerprint density at radius 3 is 2.29 bits per heavy atom. The molecular weight excluding hydrogens is 256 g/mol. The summed E-state index contributed by atoms with van der Waals surface area (Å²) in [7, 11) is 2.24. The van der Waals surface area contributed by atoms with Crippen LogP contribution in [0.15, 0.2) is 24.3 Å². The van der Waals surface area contributed by atoms with Crippen molar-refractivity contribution in [3.8, 4) is 0 Å². The second-order valence-electron chi connectivity index (χ2n) is 6.11. The number of unbranched alkanes of at least 4 members (excludes halogenated alkanes) is 1. The zero-order valence-corrected chi connectivity index (χ0v) is 14.5. The van der Waals surface area contributed by atoms with E-state index in [-0.39, 0.29) is 0 Å². The lowest BCUT2D eigenvalue weighted by molar-refractivity contribution is 0.286. The lowest BCUT2D eigenvalue weighted by atomic mass is 10.0. The predicted molar refractivity (Wildman–Crippen MR) is 93.9 cm³/mol. The molecule has 1 aromatic carbocycles. The molecule has 0 aromatic heterocycles. The van der Waals surface area contributed by atoms with Gasteiger partial charge in [0.25, 0.3) is 0 Å². The van der Waals surface area contributed by atoms with Gasteiger partial charge in [-0.2, -0.15) is 0 Å². The first-order chi connectivity index (χ1) is 10.2. The largest absolute Gasteiger partial charge is 0.309 e. The maximum atomic E-state index is 3.70. The Kier molecular flexibility index (Phi) is 9.36. The minimum absolute atomic E-state index is 0.447. The van der Waals surface area contributed by atoms with E-state index in [1.54, 1.807) is 0 Å². The first kappa shape index (κ1) is 18.2. The van der Waals surface area contributed by atoms with Crippen LogP contribution in [0.25, 0.3) is 0 Å². The molecule has 0 spiro atoms. The summed E-state index contributed by atoms with van der Waals surface area (Å²) in [4.78, 5) is 2.46. The number of likely N-dealkylation sites (N-methyl/N-ethyl adjacent to an activating group) is 1. The van der Waals surface area contributed by atoms with Gasteiger partial charge in [-0.25, -0.2) is 0 Å². The summed E-state index contributed by atoms with van der Waals surface area (Å²) in [6.45, 7) is 10.1. The fourth-order valence-electron chi connectivity index (χ4n) is 2.64. The van der Waals surface area contributed by atoms with Gasteiger partial charge in [0.05, 0.1) is 0 Å². The van der Waals surface area contributed by atoms with Crippen LogP contribution < -0.4 is 5.32 Å². The van der Waals surface area contributed by atoms with Gasteiger partial charge >= 0.3 is 0 Å². The molecule has 0 heterocycles. The van der Waals surface area contributed by atoms with E-state index in [1.807, 2.05) is 0 Å². The third kappa shape index (κ3) is 7.10. The molecule has 0 aliphatic heterocycles. The quantitative estimate of drug-likeness (QED) is 0.649. The molecule has 0 saturated heterocycles. The van der Waals surface area contributed by atoms with E-state index >= 15 is 0 Å². The minimum atomic E-state index is 0.447. The molecule has 120 valence electrons. The Hall–Kier alpha value is -0.860. The molecular formula is C19H34N2. The van der Waals surface area contributed by atoms with Crippen molar-refractivity contribution < 1.29 is 0 Å². The maximum Gasteiger partial charge on any atom is 0.0449 e. The molecule has 0 aliphatic rings. The zero-order chi connectivity index (χ0) is 15.5. The van der Waals surface area contributed by atoms with E-state index in [9.17, 15) is 0 Å². The maximum absolute atomic E-state index is 3.70. The lowest BCUT2D eigenvalue weighted by Crippen LogP contribution is -2.34. The average Bonchev–Trinajstić information content (AvgIpc) is 2.50. The molecule has 2 heteroatoms. The molecule has 1 unspecified atom stereocenters. The Bertz CT molecular complexity index is 358. The molecule has 2 nitrogen and oxygen atoms in total.